The minimum Gasteiger partial charge on any atom is -0.496 e. The highest BCUT2D eigenvalue weighted by Gasteiger charge is 2.25. The summed E-state index contributed by atoms with van der Waals surface area (Å²) in [6, 6.07) is 13.5. The molecule has 2 aromatic carbocycles. The van der Waals surface area contributed by atoms with E-state index in [2.05, 4.69) is 62.1 Å². The molecule has 3 heteroatoms. The number of fused-ring (bicyclic) bond motifs is 1. The van der Waals surface area contributed by atoms with Gasteiger partial charge in [-0.1, -0.05) is 25.1 Å². The molecule has 0 saturated carbocycles. The Hall–Kier alpha value is -2.00. The van der Waals surface area contributed by atoms with E-state index in [-0.39, 0.29) is 0 Å². The second-order valence-electron chi connectivity index (χ2n) is 7.70. The molecule has 0 heterocycles. The number of hydrogen-bond donors (Lipinski definition) is 0. The minimum atomic E-state index is 0.590. The van der Waals surface area contributed by atoms with Crippen molar-refractivity contribution in [3.05, 3.63) is 58.7 Å². The van der Waals surface area contributed by atoms with Crippen molar-refractivity contribution >= 4 is 0 Å². The molecule has 27 heavy (non-hydrogen) atoms. The van der Waals surface area contributed by atoms with Gasteiger partial charge < -0.3 is 9.47 Å². The van der Waals surface area contributed by atoms with E-state index in [1.165, 1.54) is 35.1 Å². The molecule has 1 aliphatic carbocycles. The van der Waals surface area contributed by atoms with E-state index < -0.39 is 0 Å². The molecular weight excluding hydrogens is 334 g/mol. The van der Waals surface area contributed by atoms with Crippen LogP contribution in [-0.4, -0.2) is 37.7 Å². The topological polar surface area (TPSA) is 21.7 Å². The number of nitrogens with zero attached hydrogens (tertiary/aromatic N) is 1. The van der Waals surface area contributed by atoms with Crippen molar-refractivity contribution in [2.45, 2.75) is 52.5 Å². The molecule has 1 aliphatic rings. The third kappa shape index (κ3) is 5.04. The molecule has 0 amide bonds. The van der Waals surface area contributed by atoms with Crippen LogP contribution in [0, 0.1) is 13.8 Å². The average molecular weight is 368 g/mol. The first-order chi connectivity index (χ1) is 13.1. The van der Waals surface area contributed by atoms with Crippen LogP contribution in [0.2, 0.25) is 0 Å². The number of benzene rings is 2. The third-order valence-electron chi connectivity index (χ3n) is 5.50. The first-order valence-corrected chi connectivity index (χ1v) is 10.2. The lowest BCUT2D eigenvalue weighted by atomic mass is 9.86. The molecular formula is C24H33NO2. The summed E-state index contributed by atoms with van der Waals surface area (Å²) < 4.78 is 11.6. The number of methoxy groups -OCH3 is 1. The maximum absolute atomic E-state index is 6.08. The summed E-state index contributed by atoms with van der Waals surface area (Å²) in [6.07, 6.45) is 4.57. The summed E-state index contributed by atoms with van der Waals surface area (Å²) >= 11 is 0. The smallest absolute Gasteiger partial charge is 0.122 e. The van der Waals surface area contributed by atoms with Crippen molar-refractivity contribution < 1.29 is 9.47 Å². The molecule has 0 saturated heterocycles. The van der Waals surface area contributed by atoms with Crippen LogP contribution in [0.4, 0.5) is 0 Å². The Balaban J connectivity index is 1.62. The highest BCUT2D eigenvalue weighted by atomic mass is 16.5. The van der Waals surface area contributed by atoms with Crippen molar-refractivity contribution in [3.63, 3.8) is 0 Å². The van der Waals surface area contributed by atoms with Crippen molar-refractivity contribution in [2.75, 3.05) is 26.8 Å². The lowest BCUT2D eigenvalue weighted by Gasteiger charge is -2.35. The summed E-state index contributed by atoms with van der Waals surface area (Å²) in [4.78, 5) is 2.62. The van der Waals surface area contributed by atoms with Crippen molar-refractivity contribution in [1.29, 1.82) is 0 Å². The molecule has 1 atom stereocenters. The van der Waals surface area contributed by atoms with Gasteiger partial charge in [-0.2, -0.15) is 0 Å². The lowest BCUT2D eigenvalue weighted by molar-refractivity contribution is 0.147. The fourth-order valence-electron chi connectivity index (χ4n) is 4.32. The zero-order valence-corrected chi connectivity index (χ0v) is 17.3. The fraction of sp³-hybridized carbons (Fsp3) is 0.500. The zero-order valence-electron chi connectivity index (χ0n) is 17.3. The summed E-state index contributed by atoms with van der Waals surface area (Å²) in [5.74, 6) is 2.04. The van der Waals surface area contributed by atoms with Crippen LogP contribution in [0.1, 0.15) is 42.0 Å². The summed E-state index contributed by atoms with van der Waals surface area (Å²) in [6.45, 7) is 9.35. The van der Waals surface area contributed by atoms with Gasteiger partial charge in [0.2, 0.25) is 0 Å². The van der Waals surface area contributed by atoms with E-state index in [1.54, 1.807) is 7.11 Å². The van der Waals surface area contributed by atoms with Crippen LogP contribution in [-0.2, 0) is 12.8 Å². The van der Waals surface area contributed by atoms with Gasteiger partial charge in [-0.15, -0.1) is 0 Å². The van der Waals surface area contributed by atoms with Gasteiger partial charge in [0.15, 0.2) is 0 Å². The molecule has 0 N–H and O–H groups in total. The van der Waals surface area contributed by atoms with E-state index in [1.807, 2.05) is 0 Å². The number of aryl methyl sites for hydroxylation is 2. The van der Waals surface area contributed by atoms with Crippen LogP contribution >= 0.6 is 0 Å². The molecule has 2 aromatic rings. The Morgan fingerprint density at radius 3 is 2.56 bits per heavy atom. The Kier molecular flexibility index (Phi) is 6.78. The molecule has 0 aromatic heterocycles. The van der Waals surface area contributed by atoms with Gasteiger partial charge in [0.1, 0.15) is 18.1 Å². The summed E-state index contributed by atoms with van der Waals surface area (Å²) in [7, 11) is 1.77. The average Bonchev–Trinajstić information content (AvgIpc) is 2.65. The lowest BCUT2D eigenvalue weighted by Crippen LogP contribution is -2.42. The summed E-state index contributed by atoms with van der Waals surface area (Å²) in [5.41, 5.74) is 5.36. The van der Waals surface area contributed by atoms with E-state index in [0.29, 0.717) is 6.04 Å². The maximum Gasteiger partial charge on any atom is 0.122 e. The van der Waals surface area contributed by atoms with Gasteiger partial charge in [0.25, 0.3) is 0 Å². The first kappa shape index (κ1) is 19.8. The fourth-order valence-corrected chi connectivity index (χ4v) is 4.32. The highest BCUT2D eigenvalue weighted by Crippen LogP contribution is 2.31. The molecule has 0 radical (unpaired) electrons. The van der Waals surface area contributed by atoms with Crippen molar-refractivity contribution in [2.24, 2.45) is 0 Å². The van der Waals surface area contributed by atoms with Crippen LogP contribution in [0.5, 0.6) is 11.5 Å². The highest BCUT2D eigenvalue weighted by molar-refractivity contribution is 5.42. The first-order valence-electron chi connectivity index (χ1n) is 10.2. The van der Waals surface area contributed by atoms with Crippen LogP contribution in [0.3, 0.4) is 0 Å². The number of ether oxygens (including phenoxy) is 2. The third-order valence-corrected chi connectivity index (χ3v) is 5.50. The normalized spacial score (nSPS) is 16.3. The summed E-state index contributed by atoms with van der Waals surface area (Å²) in [5, 5.41) is 0. The molecule has 1 unspecified atom stereocenters. The molecule has 0 fully saturated rings. The largest absolute Gasteiger partial charge is 0.496 e. The Labute approximate surface area is 164 Å². The predicted octanol–water partition coefficient (Wildman–Crippen LogP) is 4.96. The van der Waals surface area contributed by atoms with Gasteiger partial charge in [0.05, 0.1) is 7.11 Å². The van der Waals surface area contributed by atoms with Gasteiger partial charge >= 0.3 is 0 Å². The SMILES string of the molecule is CCCN(CCOc1cc(C)cc(C)c1)C1CCc2c(cccc2OC)C1. The molecule has 0 spiro atoms. The van der Waals surface area contributed by atoms with Crippen LogP contribution in [0.25, 0.3) is 0 Å². The molecule has 0 bridgehead atoms. The Morgan fingerprint density at radius 2 is 1.85 bits per heavy atom. The standard InChI is InChI=1S/C24H33NO2/c1-5-11-25(12-13-27-22-15-18(2)14-19(3)16-22)21-9-10-23-20(17-21)7-6-8-24(23)26-4/h6-8,14-16,21H,5,9-13,17H2,1-4H3. The van der Waals surface area contributed by atoms with E-state index in [4.69, 9.17) is 9.47 Å². The number of hydrogen-bond acceptors (Lipinski definition) is 3. The second kappa shape index (κ2) is 9.27. The minimum absolute atomic E-state index is 0.590. The van der Waals surface area contributed by atoms with E-state index in [0.717, 1.165) is 44.0 Å². The molecule has 3 nitrogen and oxygen atoms in total. The van der Waals surface area contributed by atoms with Crippen molar-refractivity contribution in [1.82, 2.24) is 4.90 Å². The van der Waals surface area contributed by atoms with Crippen molar-refractivity contribution in [3.8, 4) is 11.5 Å². The Bertz CT molecular complexity index is 736. The molecule has 146 valence electrons. The predicted molar refractivity (Wildman–Crippen MR) is 112 cm³/mol. The molecule has 0 aliphatic heterocycles. The number of rotatable bonds is 8. The second-order valence-corrected chi connectivity index (χ2v) is 7.70. The van der Waals surface area contributed by atoms with E-state index >= 15 is 0 Å². The van der Waals surface area contributed by atoms with E-state index in [9.17, 15) is 0 Å². The van der Waals surface area contributed by atoms with Gasteiger partial charge in [-0.3, -0.25) is 4.90 Å². The molecule has 3 rings (SSSR count). The maximum atomic E-state index is 6.08. The quantitative estimate of drug-likeness (QED) is 0.658. The zero-order chi connectivity index (χ0) is 19.2. The van der Waals surface area contributed by atoms with Gasteiger partial charge in [-0.25, -0.2) is 0 Å². The Morgan fingerprint density at radius 1 is 1.07 bits per heavy atom. The van der Waals surface area contributed by atoms with Crippen LogP contribution in [0.15, 0.2) is 36.4 Å². The van der Waals surface area contributed by atoms with Gasteiger partial charge in [-0.05, 0) is 86.5 Å². The van der Waals surface area contributed by atoms with Gasteiger partial charge in [0, 0.05) is 12.6 Å². The monoisotopic (exact) mass is 367 g/mol. The van der Waals surface area contributed by atoms with Crippen LogP contribution < -0.4 is 9.47 Å².